The van der Waals surface area contributed by atoms with Crippen LogP contribution in [0.5, 0.6) is 46.0 Å². The molecule has 0 aromatic heterocycles. The molecule has 0 bridgehead atoms. The zero-order valence-electron chi connectivity index (χ0n) is 11.9. The third kappa shape index (κ3) is 5.05. The molecule has 0 unspecified atom stereocenters. The number of hydrogen-bond donors (Lipinski definition) is 10. The Bertz CT molecular complexity index is 568. The SMILES string of the molecule is NCc1cc(O)cc(O)c1.OCl.Oc1c(O)c(O)c(O)c(O)c1O. The molecule has 2 aromatic rings. The first-order valence-corrected chi connectivity index (χ1v) is 6.29. The molecule has 0 aliphatic rings. The van der Waals surface area contributed by atoms with Gasteiger partial charge in [0.1, 0.15) is 11.5 Å². The molecule has 11 N–H and O–H groups in total. The first kappa shape index (κ1) is 21.0. The zero-order chi connectivity index (χ0) is 19.0. The number of halogens is 1. The van der Waals surface area contributed by atoms with Gasteiger partial charge in [0.2, 0.25) is 34.5 Å². The maximum atomic E-state index is 8.91. The zero-order valence-corrected chi connectivity index (χ0v) is 12.7. The molecule has 24 heavy (non-hydrogen) atoms. The van der Waals surface area contributed by atoms with Gasteiger partial charge in [-0.25, -0.2) is 0 Å². The lowest BCUT2D eigenvalue weighted by Gasteiger charge is -2.06. The van der Waals surface area contributed by atoms with E-state index < -0.39 is 34.5 Å². The second kappa shape index (κ2) is 9.25. The Kier molecular flexibility index (Phi) is 8.11. The smallest absolute Gasteiger partial charge is 0.208 e. The largest absolute Gasteiger partial charge is 0.508 e. The molecule has 2 rings (SSSR count). The molecule has 0 aliphatic carbocycles. The highest BCUT2D eigenvalue weighted by molar-refractivity contribution is 6.04. The van der Waals surface area contributed by atoms with E-state index in [-0.39, 0.29) is 11.5 Å². The van der Waals surface area contributed by atoms with Crippen molar-refractivity contribution < 1.29 is 45.5 Å². The van der Waals surface area contributed by atoms with E-state index in [1.165, 1.54) is 18.2 Å². The van der Waals surface area contributed by atoms with E-state index in [2.05, 4.69) is 11.9 Å². The van der Waals surface area contributed by atoms with Gasteiger partial charge in [-0.15, -0.1) is 0 Å². The van der Waals surface area contributed by atoms with Crippen molar-refractivity contribution in [1.82, 2.24) is 0 Å². The van der Waals surface area contributed by atoms with Crippen LogP contribution < -0.4 is 5.73 Å². The molecule has 0 radical (unpaired) electrons. The lowest BCUT2D eigenvalue weighted by Crippen LogP contribution is -1.94. The Morgan fingerprint density at radius 1 is 0.583 bits per heavy atom. The Hall–Kier alpha value is -2.95. The van der Waals surface area contributed by atoms with Gasteiger partial charge in [-0.2, -0.15) is 0 Å². The summed E-state index contributed by atoms with van der Waals surface area (Å²) in [6.07, 6.45) is 0. The Morgan fingerprint density at radius 3 is 1.04 bits per heavy atom. The van der Waals surface area contributed by atoms with Gasteiger partial charge in [0.05, 0.1) is 11.9 Å². The first-order chi connectivity index (χ1) is 11.2. The number of phenolic OH excluding ortho intramolecular Hbond substituents is 8. The minimum absolute atomic E-state index is 0.0421. The van der Waals surface area contributed by atoms with Crippen LogP contribution in [0.2, 0.25) is 0 Å². The summed E-state index contributed by atoms with van der Waals surface area (Å²) in [7, 11) is 0. The molecule has 0 saturated heterocycles. The quantitative estimate of drug-likeness (QED) is 0.251. The van der Waals surface area contributed by atoms with Crippen LogP contribution in [0.15, 0.2) is 18.2 Å². The van der Waals surface area contributed by atoms with Gasteiger partial charge in [-0.05, 0) is 17.7 Å². The lowest BCUT2D eigenvalue weighted by atomic mass is 10.2. The predicted molar refractivity (Wildman–Crippen MR) is 82.2 cm³/mol. The minimum atomic E-state index is -1.09. The molecule has 0 atom stereocenters. The molecule has 0 fully saturated rings. The number of phenols is 8. The molecule has 0 heterocycles. The third-order valence-corrected chi connectivity index (χ3v) is 2.54. The fourth-order valence-corrected chi connectivity index (χ4v) is 1.45. The van der Waals surface area contributed by atoms with E-state index >= 15 is 0 Å². The molecule has 0 amide bonds. The van der Waals surface area contributed by atoms with Crippen molar-refractivity contribution in [2.24, 2.45) is 5.73 Å². The van der Waals surface area contributed by atoms with Crippen molar-refractivity contribution in [3.8, 4) is 46.0 Å². The van der Waals surface area contributed by atoms with Crippen LogP contribution in [-0.4, -0.2) is 45.5 Å². The van der Waals surface area contributed by atoms with Crippen molar-refractivity contribution in [2.45, 2.75) is 6.54 Å². The summed E-state index contributed by atoms with van der Waals surface area (Å²) in [6, 6.07) is 4.29. The Labute approximate surface area is 140 Å². The standard InChI is InChI=1S/C7H9NO2.C6H6O6.ClHO/c8-4-5-1-6(9)3-7(10)2-5;7-1-2(8)4(10)6(12)5(11)3(1)9;1-2/h1-3,9-10H,4,8H2;7-12H;2H. The number of aromatic hydroxyl groups is 8. The highest BCUT2D eigenvalue weighted by Gasteiger charge is 2.22. The molecular weight excluding hydrogens is 350 g/mol. The van der Waals surface area contributed by atoms with Gasteiger partial charge in [-0.1, -0.05) is 0 Å². The number of nitrogens with two attached hydrogens (primary N) is 1. The predicted octanol–water partition coefficient (Wildman–Crippen LogP) is 0.609. The van der Waals surface area contributed by atoms with Crippen molar-refractivity contribution in [2.75, 3.05) is 0 Å². The van der Waals surface area contributed by atoms with Crippen molar-refractivity contribution in [3.05, 3.63) is 23.8 Å². The fraction of sp³-hybridized carbons (Fsp3) is 0.0769. The van der Waals surface area contributed by atoms with Gasteiger partial charge < -0.3 is 46.6 Å². The average molecular weight is 366 g/mol. The number of hydrogen-bond acceptors (Lipinski definition) is 10. The van der Waals surface area contributed by atoms with Gasteiger partial charge in [0.15, 0.2) is 0 Å². The summed E-state index contributed by atoms with van der Waals surface area (Å²) < 4.78 is 6.47. The van der Waals surface area contributed by atoms with Crippen LogP contribution in [0.25, 0.3) is 0 Å². The summed E-state index contributed by atoms with van der Waals surface area (Å²) in [5.74, 6) is -6.48. The minimum Gasteiger partial charge on any atom is -0.508 e. The summed E-state index contributed by atoms with van der Waals surface area (Å²) in [5.41, 5.74) is 5.99. The lowest BCUT2D eigenvalue weighted by molar-refractivity contribution is 0.303. The molecule has 134 valence electrons. The van der Waals surface area contributed by atoms with E-state index in [1.54, 1.807) is 0 Å². The molecular formula is C13H16ClNO9. The van der Waals surface area contributed by atoms with Crippen molar-refractivity contribution >= 4 is 11.9 Å². The average Bonchev–Trinajstić information content (AvgIpc) is 2.58. The first-order valence-electron chi connectivity index (χ1n) is 5.95. The van der Waals surface area contributed by atoms with Gasteiger partial charge in [-0.3, -0.25) is 4.66 Å². The van der Waals surface area contributed by atoms with E-state index in [4.69, 9.17) is 51.2 Å². The Morgan fingerprint density at radius 2 is 0.833 bits per heavy atom. The third-order valence-electron chi connectivity index (χ3n) is 2.54. The number of rotatable bonds is 1. The van der Waals surface area contributed by atoms with Crippen LogP contribution >= 0.6 is 11.9 Å². The molecule has 0 spiro atoms. The highest BCUT2D eigenvalue weighted by atomic mass is 35.5. The Balaban J connectivity index is 0.000000405. The normalized spacial score (nSPS) is 9.29. The topological polar surface area (TPSA) is 208 Å². The van der Waals surface area contributed by atoms with Crippen molar-refractivity contribution in [3.63, 3.8) is 0 Å². The summed E-state index contributed by atoms with van der Waals surface area (Å²) in [5, 5.41) is 70.4. The summed E-state index contributed by atoms with van der Waals surface area (Å²) in [4.78, 5) is 0. The van der Waals surface area contributed by atoms with Crippen LogP contribution in [0, 0.1) is 0 Å². The second-order valence-electron chi connectivity index (χ2n) is 4.15. The number of benzene rings is 2. The molecule has 0 aliphatic heterocycles. The van der Waals surface area contributed by atoms with Gasteiger partial charge in [0.25, 0.3) is 0 Å². The van der Waals surface area contributed by atoms with Crippen molar-refractivity contribution in [1.29, 1.82) is 0 Å². The monoisotopic (exact) mass is 365 g/mol. The van der Waals surface area contributed by atoms with Gasteiger partial charge >= 0.3 is 0 Å². The fourth-order valence-electron chi connectivity index (χ4n) is 1.45. The van der Waals surface area contributed by atoms with E-state index in [9.17, 15) is 0 Å². The van der Waals surface area contributed by atoms with E-state index in [0.717, 1.165) is 5.56 Å². The molecule has 2 aromatic carbocycles. The van der Waals surface area contributed by atoms with E-state index in [1.807, 2.05) is 0 Å². The molecule has 0 saturated carbocycles. The highest BCUT2D eigenvalue weighted by Crippen LogP contribution is 2.54. The van der Waals surface area contributed by atoms with E-state index in [0.29, 0.717) is 6.54 Å². The molecule has 11 heteroatoms. The van der Waals surface area contributed by atoms with Crippen LogP contribution in [0.1, 0.15) is 5.56 Å². The molecule has 10 nitrogen and oxygen atoms in total. The summed E-state index contributed by atoms with van der Waals surface area (Å²) in [6.45, 7) is 0.321. The van der Waals surface area contributed by atoms with Crippen LogP contribution in [-0.2, 0) is 6.54 Å². The van der Waals surface area contributed by atoms with Crippen LogP contribution in [0.4, 0.5) is 0 Å². The van der Waals surface area contributed by atoms with Crippen LogP contribution in [0.3, 0.4) is 0 Å². The maximum absolute atomic E-state index is 8.91. The van der Waals surface area contributed by atoms with Gasteiger partial charge in [0, 0.05) is 12.6 Å². The maximum Gasteiger partial charge on any atom is 0.208 e. The second-order valence-corrected chi connectivity index (χ2v) is 4.15. The summed E-state index contributed by atoms with van der Waals surface area (Å²) >= 11 is 3.64.